The van der Waals surface area contributed by atoms with Gasteiger partial charge < -0.3 is 5.32 Å². The molecule has 1 aliphatic heterocycles. The molecule has 1 atom stereocenters. The molecule has 1 saturated heterocycles. The van der Waals surface area contributed by atoms with Crippen LogP contribution in [0.2, 0.25) is 0 Å². The fraction of sp³-hybridized carbons (Fsp3) is 0.600. The first-order chi connectivity index (χ1) is 5.43. The first-order valence-corrected chi connectivity index (χ1v) is 4.46. The SMILES string of the molecule is C/C=C/C=C/[C@H]1CCCCN1. The molecule has 11 heavy (non-hydrogen) atoms. The summed E-state index contributed by atoms with van der Waals surface area (Å²) in [6.07, 6.45) is 12.5. The zero-order valence-electron chi connectivity index (χ0n) is 7.22. The Bertz CT molecular complexity index is 141. The van der Waals surface area contributed by atoms with Crippen LogP contribution in [0.5, 0.6) is 0 Å². The topological polar surface area (TPSA) is 12.0 Å². The normalized spacial score (nSPS) is 26.8. The molecule has 1 heteroatoms. The average Bonchev–Trinajstić information content (AvgIpc) is 2.07. The maximum absolute atomic E-state index is 3.46. The zero-order valence-corrected chi connectivity index (χ0v) is 7.22. The smallest absolute Gasteiger partial charge is 0.0253 e. The first-order valence-electron chi connectivity index (χ1n) is 4.46. The fourth-order valence-electron chi connectivity index (χ4n) is 1.35. The molecule has 0 aromatic heterocycles. The molecular formula is C10H17N. The highest BCUT2D eigenvalue weighted by molar-refractivity contribution is 5.05. The van der Waals surface area contributed by atoms with Gasteiger partial charge in [-0.2, -0.15) is 0 Å². The van der Waals surface area contributed by atoms with Gasteiger partial charge >= 0.3 is 0 Å². The van der Waals surface area contributed by atoms with Gasteiger partial charge in [0.2, 0.25) is 0 Å². The van der Waals surface area contributed by atoms with Crippen LogP contribution in [0.3, 0.4) is 0 Å². The molecule has 1 heterocycles. The van der Waals surface area contributed by atoms with Crippen LogP contribution in [0.25, 0.3) is 0 Å². The van der Waals surface area contributed by atoms with Gasteiger partial charge in [0.15, 0.2) is 0 Å². The van der Waals surface area contributed by atoms with Crippen LogP contribution in [-0.4, -0.2) is 12.6 Å². The summed E-state index contributed by atoms with van der Waals surface area (Å²) in [7, 11) is 0. The van der Waals surface area contributed by atoms with Crippen LogP contribution in [0.15, 0.2) is 24.3 Å². The fourth-order valence-corrected chi connectivity index (χ4v) is 1.35. The molecule has 1 nitrogen and oxygen atoms in total. The molecule has 1 rings (SSSR count). The Labute approximate surface area is 69.2 Å². The van der Waals surface area contributed by atoms with Crippen LogP contribution < -0.4 is 5.32 Å². The Kier molecular flexibility index (Phi) is 3.99. The third-order valence-electron chi connectivity index (χ3n) is 2.00. The molecular weight excluding hydrogens is 134 g/mol. The second-order valence-electron chi connectivity index (χ2n) is 2.97. The summed E-state index contributed by atoms with van der Waals surface area (Å²) >= 11 is 0. The number of rotatable bonds is 2. The van der Waals surface area contributed by atoms with Crippen molar-refractivity contribution >= 4 is 0 Å². The predicted octanol–water partition coefficient (Wildman–Crippen LogP) is 2.26. The Hall–Kier alpha value is -0.560. The highest BCUT2D eigenvalue weighted by atomic mass is 14.9. The standard InChI is InChI=1S/C10H17N/c1-2-3-4-7-10-8-5-6-9-11-10/h2-4,7,10-11H,5-6,8-9H2,1H3/b3-2+,7-4+/t10-/m0/s1. The number of hydrogen-bond donors (Lipinski definition) is 1. The lowest BCUT2D eigenvalue weighted by molar-refractivity contribution is 0.454. The van der Waals surface area contributed by atoms with E-state index in [-0.39, 0.29) is 0 Å². The highest BCUT2D eigenvalue weighted by Crippen LogP contribution is 2.07. The third-order valence-corrected chi connectivity index (χ3v) is 2.00. The molecule has 1 aliphatic rings. The molecule has 0 spiro atoms. The Morgan fingerprint density at radius 1 is 1.27 bits per heavy atom. The second kappa shape index (κ2) is 5.14. The molecule has 0 amide bonds. The molecule has 0 bridgehead atoms. The molecule has 0 aromatic carbocycles. The van der Waals surface area contributed by atoms with Crippen molar-refractivity contribution in [2.24, 2.45) is 0 Å². The molecule has 0 radical (unpaired) electrons. The van der Waals surface area contributed by atoms with E-state index in [0.29, 0.717) is 6.04 Å². The number of nitrogens with one attached hydrogen (secondary N) is 1. The predicted molar refractivity (Wildman–Crippen MR) is 49.6 cm³/mol. The zero-order chi connectivity index (χ0) is 7.94. The van der Waals surface area contributed by atoms with Crippen LogP contribution in [0, 0.1) is 0 Å². The lowest BCUT2D eigenvalue weighted by Crippen LogP contribution is -2.31. The van der Waals surface area contributed by atoms with Crippen molar-refractivity contribution in [2.75, 3.05) is 6.54 Å². The Balaban J connectivity index is 2.23. The van der Waals surface area contributed by atoms with Crippen molar-refractivity contribution < 1.29 is 0 Å². The molecule has 0 saturated carbocycles. The van der Waals surface area contributed by atoms with E-state index in [9.17, 15) is 0 Å². The molecule has 0 aliphatic carbocycles. The number of hydrogen-bond acceptors (Lipinski definition) is 1. The van der Waals surface area contributed by atoms with Gasteiger partial charge in [-0.1, -0.05) is 30.7 Å². The average molecular weight is 151 g/mol. The summed E-state index contributed by atoms with van der Waals surface area (Å²) in [4.78, 5) is 0. The maximum Gasteiger partial charge on any atom is 0.0253 e. The summed E-state index contributed by atoms with van der Waals surface area (Å²) in [6.45, 7) is 3.23. The quantitative estimate of drug-likeness (QED) is 0.597. The Morgan fingerprint density at radius 3 is 2.82 bits per heavy atom. The van der Waals surface area contributed by atoms with Gasteiger partial charge in [-0.25, -0.2) is 0 Å². The summed E-state index contributed by atoms with van der Waals surface area (Å²) in [5.41, 5.74) is 0. The van der Waals surface area contributed by atoms with Gasteiger partial charge in [0.05, 0.1) is 0 Å². The largest absolute Gasteiger partial charge is 0.311 e. The van der Waals surface area contributed by atoms with E-state index in [2.05, 4.69) is 29.6 Å². The Morgan fingerprint density at radius 2 is 2.18 bits per heavy atom. The second-order valence-corrected chi connectivity index (χ2v) is 2.97. The number of piperidine rings is 1. The van der Waals surface area contributed by atoms with Crippen molar-refractivity contribution in [3.63, 3.8) is 0 Å². The first kappa shape index (κ1) is 8.54. The van der Waals surface area contributed by atoms with Crippen molar-refractivity contribution in [1.29, 1.82) is 0 Å². The minimum absolute atomic E-state index is 0.625. The van der Waals surface area contributed by atoms with Crippen LogP contribution in [0.1, 0.15) is 26.2 Å². The van der Waals surface area contributed by atoms with Gasteiger partial charge in [0, 0.05) is 6.04 Å². The van der Waals surface area contributed by atoms with Crippen molar-refractivity contribution in [3.8, 4) is 0 Å². The van der Waals surface area contributed by atoms with Gasteiger partial charge in [0.1, 0.15) is 0 Å². The van der Waals surface area contributed by atoms with Gasteiger partial charge in [-0.05, 0) is 26.3 Å². The van der Waals surface area contributed by atoms with E-state index >= 15 is 0 Å². The molecule has 0 unspecified atom stereocenters. The van der Waals surface area contributed by atoms with Crippen molar-refractivity contribution in [3.05, 3.63) is 24.3 Å². The van der Waals surface area contributed by atoms with Crippen molar-refractivity contribution in [1.82, 2.24) is 5.32 Å². The van der Waals surface area contributed by atoms with Crippen molar-refractivity contribution in [2.45, 2.75) is 32.2 Å². The van der Waals surface area contributed by atoms with E-state index in [4.69, 9.17) is 0 Å². The summed E-state index contributed by atoms with van der Waals surface area (Å²) in [5, 5.41) is 3.46. The monoisotopic (exact) mass is 151 g/mol. The van der Waals surface area contributed by atoms with Gasteiger partial charge in [-0.15, -0.1) is 0 Å². The maximum atomic E-state index is 3.46. The lowest BCUT2D eigenvalue weighted by Gasteiger charge is -2.19. The van der Waals surface area contributed by atoms with Crippen LogP contribution >= 0.6 is 0 Å². The summed E-state index contributed by atoms with van der Waals surface area (Å²) in [5.74, 6) is 0. The van der Waals surface area contributed by atoms with E-state index in [1.807, 2.05) is 6.92 Å². The van der Waals surface area contributed by atoms with Gasteiger partial charge in [0.25, 0.3) is 0 Å². The molecule has 1 N–H and O–H groups in total. The van der Waals surface area contributed by atoms with E-state index in [0.717, 1.165) is 0 Å². The summed E-state index contributed by atoms with van der Waals surface area (Å²) < 4.78 is 0. The lowest BCUT2D eigenvalue weighted by atomic mass is 10.0. The van der Waals surface area contributed by atoms with Crippen LogP contribution in [-0.2, 0) is 0 Å². The minimum atomic E-state index is 0.625. The summed E-state index contributed by atoms with van der Waals surface area (Å²) in [6, 6.07) is 0.625. The molecule has 62 valence electrons. The number of allylic oxidation sites excluding steroid dienone is 3. The van der Waals surface area contributed by atoms with E-state index in [1.54, 1.807) is 0 Å². The van der Waals surface area contributed by atoms with Gasteiger partial charge in [-0.3, -0.25) is 0 Å². The molecule has 1 fully saturated rings. The van der Waals surface area contributed by atoms with E-state index in [1.165, 1.54) is 25.8 Å². The highest BCUT2D eigenvalue weighted by Gasteiger charge is 2.07. The third kappa shape index (κ3) is 3.38. The van der Waals surface area contributed by atoms with Crippen LogP contribution in [0.4, 0.5) is 0 Å². The minimum Gasteiger partial charge on any atom is -0.311 e. The molecule has 0 aromatic rings. The van der Waals surface area contributed by atoms with E-state index < -0.39 is 0 Å².